The zero-order valence-corrected chi connectivity index (χ0v) is 20.9. The van der Waals surface area contributed by atoms with Crippen LogP contribution in [0, 0.1) is 11.7 Å². The Morgan fingerprint density at radius 1 is 1.08 bits per heavy atom. The minimum Gasteiger partial charge on any atom is -0.354 e. The maximum absolute atomic E-state index is 13.5. The molecule has 1 aliphatic carbocycles. The van der Waals surface area contributed by atoms with E-state index in [9.17, 15) is 27.2 Å². The smallest absolute Gasteiger partial charge is 0.354 e. The van der Waals surface area contributed by atoms with Gasteiger partial charge in [0.05, 0.1) is 11.3 Å². The van der Waals surface area contributed by atoms with Crippen molar-refractivity contribution in [1.82, 2.24) is 30.6 Å². The van der Waals surface area contributed by atoms with Crippen molar-refractivity contribution in [1.29, 1.82) is 0 Å². The third-order valence-corrected chi connectivity index (χ3v) is 6.44. The van der Waals surface area contributed by atoms with E-state index in [1.807, 2.05) is 13.8 Å². The maximum atomic E-state index is 13.5. The van der Waals surface area contributed by atoms with Gasteiger partial charge in [-0.2, -0.15) is 23.3 Å². The predicted octanol–water partition coefficient (Wildman–Crippen LogP) is 4.36. The summed E-state index contributed by atoms with van der Waals surface area (Å²) < 4.78 is 59.8. The highest BCUT2D eigenvalue weighted by atomic mass is 19.4. The van der Waals surface area contributed by atoms with E-state index in [-0.39, 0.29) is 42.4 Å². The normalized spacial score (nSPS) is 18.0. The van der Waals surface area contributed by atoms with Crippen LogP contribution in [0.15, 0.2) is 35.0 Å². The van der Waals surface area contributed by atoms with Crippen molar-refractivity contribution in [3.05, 3.63) is 59.3 Å². The van der Waals surface area contributed by atoms with Crippen LogP contribution in [0.1, 0.15) is 79.1 Å². The fraction of sp³-hybridized carbons (Fsp3) is 0.480. The molecule has 9 nitrogen and oxygen atoms in total. The Balaban J connectivity index is 1.27. The number of rotatable bonds is 8. The van der Waals surface area contributed by atoms with Gasteiger partial charge >= 0.3 is 6.18 Å². The fourth-order valence-electron chi connectivity index (χ4n) is 4.34. The third kappa shape index (κ3) is 6.37. The topological polar surface area (TPSA) is 115 Å². The number of nitrogens with one attached hydrogen (secondary N) is 2. The number of carbonyl (C=O) groups is 2. The fourth-order valence-corrected chi connectivity index (χ4v) is 4.34. The lowest BCUT2D eigenvalue weighted by atomic mass is 9.81. The van der Waals surface area contributed by atoms with Gasteiger partial charge in [-0.05, 0) is 49.9 Å². The van der Waals surface area contributed by atoms with Crippen LogP contribution in [0.2, 0.25) is 0 Å². The summed E-state index contributed by atoms with van der Waals surface area (Å²) in [4.78, 5) is 29.5. The monoisotopic (exact) mass is 536 g/mol. The van der Waals surface area contributed by atoms with Crippen LogP contribution in [0.3, 0.4) is 0 Å². The second kappa shape index (κ2) is 11.3. The van der Waals surface area contributed by atoms with E-state index < -0.39 is 29.2 Å². The molecule has 0 spiro atoms. The predicted molar refractivity (Wildman–Crippen MR) is 127 cm³/mol. The molecule has 1 saturated carbocycles. The zero-order valence-electron chi connectivity index (χ0n) is 20.9. The summed E-state index contributed by atoms with van der Waals surface area (Å²) in [6, 6.07) is 4.65. The van der Waals surface area contributed by atoms with Crippen LogP contribution in [-0.2, 0) is 11.0 Å². The molecule has 1 aliphatic rings. The van der Waals surface area contributed by atoms with E-state index in [2.05, 4.69) is 25.9 Å². The SMILES string of the molecule is CC(C)c1nc([C@H]2CC[C@H](C(=O)NCCNC(=O)c3cn(-c4ccc(F)cc4)nc3C(F)(F)F)CC2)no1. The second-order valence-electron chi connectivity index (χ2n) is 9.55. The maximum Gasteiger partial charge on any atom is 0.435 e. The molecule has 2 aromatic heterocycles. The van der Waals surface area contributed by atoms with E-state index in [1.54, 1.807) is 0 Å². The first kappa shape index (κ1) is 27.3. The highest BCUT2D eigenvalue weighted by Gasteiger charge is 2.39. The van der Waals surface area contributed by atoms with Crippen molar-refractivity contribution in [3.8, 4) is 5.69 Å². The second-order valence-corrected chi connectivity index (χ2v) is 9.55. The van der Waals surface area contributed by atoms with Crippen molar-refractivity contribution < 1.29 is 31.7 Å². The molecule has 1 fully saturated rings. The number of amides is 2. The lowest BCUT2D eigenvalue weighted by Crippen LogP contribution is -2.38. The number of alkyl halides is 3. The molecule has 2 N–H and O–H groups in total. The molecular weight excluding hydrogens is 508 g/mol. The molecular formula is C25H28F4N6O3. The molecule has 0 bridgehead atoms. The van der Waals surface area contributed by atoms with Gasteiger partial charge in [0.15, 0.2) is 11.5 Å². The molecule has 0 aliphatic heterocycles. The van der Waals surface area contributed by atoms with Crippen LogP contribution in [0.4, 0.5) is 17.6 Å². The minimum atomic E-state index is -4.87. The van der Waals surface area contributed by atoms with Crippen molar-refractivity contribution >= 4 is 11.8 Å². The van der Waals surface area contributed by atoms with Gasteiger partial charge in [-0.15, -0.1) is 0 Å². The lowest BCUT2D eigenvalue weighted by Gasteiger charge is -2.25. The number of halogens is 4. The summed E-state index contributed by atoms with van der Waals surface area (Å²) >= 11 is 0. The van der Waals surface area contributed by atoms with Crippen LogP contribution in [0.5, 0.6) is 0 Å². The largest absolute Gasteiger partial charge is 0.435 e. The lowest BCUT2D eigenvalue weighted by molar-refractivity contribution is -0.141. The quantitative estimate of drug-likeness (QED) is 0.327. The Labute approximate surface area is 216 Å². The van der Waals surface area contributed by atoms with Gasteiger partial charge in [-0.3, -0.25) is 9.59 Å². The van der Waals surface area contributed by atoms with Gasteiger partial charge in [0.1, 0.15) is 5.82 Å². The molecule has 0 unspecified atom stereocenters. The van der Waals surface area contributed by atoms with Crippen molar-refractivity contribution in [2.75, 3.05) is 13.1 Å². The molecule has 0 atom stereocenters. The first-order chi connectivity index (χ1) is 18.0. The summed E-state index contributed by atoms with van der Waals surface area (Å²) in [5.74, 6) is -0.391. The molecule has 204 valence electrons. The number of nitrogens with zero attached hydrogens (tertiary/aromatic N) is 4. The van der Waals surface area contributed by atoms with Gasteiger partial charge in [-0.1, -0.05) is 19.0 Å². The van der Waals surface area contributed by atoms with Crippen LogP contribution in [0.25, 0.3) is 5.69 Å². The molecule has 0 radical (unpaired) electrons. The molecule has 38 heavy (non-hydrogen) atoms. The number of hydrogen-bond donors (Lipinski definition) is 2. The molecule has 4 rings (SSSR count). The Morgan fingerprint density at radius 3 is 2.34 bits per heavy atom. The number of carbonyl (C=O) groups excluding carboxylic acids is 2. The Bertz CT molecular complexity index is 1260. The summed E-state index contributed by atoms with van der Waals surface area (Å²) in [5.41, 5.74) is -1.87. The molecule has 3 aromatic rings. The minimum absolute atomic E-state index is 0.0561. The molecule has 2 heterocycles. The molecule has 1 aromatic carbocycles. The number of hydrogen-bond acceptors (Lipinski definition) is 6. The summed E-state index contributed by atoms with van der Waals surface area (Å²) in [5, 5.41) is 12.7. The highest BCUT2D eigenvalue weighted by molar-refractivity contribution is 5.95. The van der Waals surface area contributed by atoms with Gasteiger partial charge in [0.2, 0.25) is 11.8 Å². The average molecular weight is 537 g/mol. The van der Waals surface area contributed by atoms with Gasteiger partial charge in [0, 0.05) is 37.0 Å². The van der Waals surface area contributed by atoms with Crippen LogP contribution < -0.4 is 10.6 Å². The van der Waals surface area contributed by atoms with Crippen LogP contribution in [-0.4, -0.2) is 44.8 Å². The van der Waals surface area contributed by atoms with E-state index in [0.29, 0.717) is 24.6 Å². The van der Waals surface area contributed by atoms with E-state index in [4.69, 9.17) is 4.52 Å². The van der Waals surface area contributed by atoms with Crippen LogP contribution >= 0.6 is 0 Å². The Hall–Kier alpha value is -3.77. The van der Waals surface area contributed by atoms with E-state index in [0.717, 1.165) is 35.9 Å². The van der Waals surface area contributed by atoms with E-state index in [1.165, 1.54) is 12.1 Å². The Kier molecular flexibility index (Phi) is 8.12. The van der Waals surface area contributed by atoms with Gasteiger partial charge in [0.25, 0.3) is 5.91 Å². The average Bonchev–Trinajstić information content (AvgIpc) is 3.55. The van der Waals surface area contributed by atoms with Gasteiger partial charge < -0.3 is 15.2 Å². The summed E-state index contributed by atoms with van der Waals surface area (Å²) in [6.45, 7) is 3.93. The Morgan fingerprint density at radius 2 is 1.74 bits per heavy atom. The highest BCUT2D eigenvalue weighted by Crippen LogP contribution is 2.35. The van der Waals surface area contributed by atoms with Gasteiger partial charge in [-0.25, -0.2) is 9.07 Å². The first-order valence-electron chi connectivity index (χ1n) is 12.3. The first-order valence-corrected chi connectivity index (χ1v) is 12.3. The zero-order chi connectivity index (χ0) is 27.4. The molecule has 2 amide bonds. The number of benzene rings is 1. The number of aromatic nitrogens is 4. The molecule has 13 heteroatoms. The van der Waals surface area contributed by atoms with Crippen molar-refractivity contribution in [2.24, 2.45) is 5.92 Å². The van der Waals surface area contributed by atoms with Crippen molar-refractivity contribution in [3.63, 3.8) is 0 Å². The van der Waals surface area contributed by atoms with E-state index >= 15 is 0 Å². The summed E-state index contributed by atoms with van der Waals surface area (Å²) in [7, 11) is 0. The summed E-state index contributed by atoms with van der Waals surface area (Å²) in [6.07, 6.45) is -1.16. The van der Waals surface area contributed by atoms with Crippen molar-refractivity contribution in [2.45, 2.75) is 57.5 Å². The standard InChI is InChI=1S/C25H28F4N6O3/c1-14(2)24-32-21(34-38-24)15-3-5-16(6-4-15)22(36)30-11-12-31-23(37)19-13-35(33-20(19)25(27,28)29)18-9-7-17(26)8-10-18/h7-10,13-16H,3-6,11-12H2,1-2H3,(H,30,36)(H,31,37)/t15-,16-. The molecule has 0 saturated heterocycles. The third-order valence-electron chi connectivity index (χ3n) is 6.44.